The summed E-state index contributed by atoms with van der Waals surface area (Å²) in [6.45, 7) is 7.07. The molecular formula is C39H46FN9O3. The highest BCUT2D eigenvalue weighted by atomic mass is 19.1. The first-order valence-electron chi connectivity index (χ1n) is 18.0. The molecule has 3 aromatic heterocycles. The molecule has 0 aliphatic carbocycles. The monoisotopic (exact) mass is 707 g/mol. The molecule has 1 aliphatic heterocycles. The number of ether oxygens (including phenoxy) is 1. The lowest BCUT2D eigenvalue weighted by molar-refractivity contribution is -0.132. The van der Waals surface area contributed by atoms with Gasteiger partial charge in [0.2, 0.25) is 17.8 Å². The Hall–Kier alpha value is -5.43. The molecule has 0 unspecified atom stereocenters. The quantitative estimate of drug-likeness (QED) is 0.112. The van der Waals surface area contributed by atoms with Gasteiger partial charge >= 0.3 is 0 Å². The van der Waals surface area contributed by atoms with Gasteiger partial charge in [-0.3, -0.25) is 9.59 Å². The first-order chi connectivity index (χ1) is 25.3. The Morgan fingerprint density at radius 3 is 2.58 bits per heavy atom. The molecule has 12 nitrogen and oxygen atoms in total. The second-order valence-corrected chi connectivity index (χ2v) is 13.0. The van der Waals surface area contributed by atoms with Gasteiger partial charge in [0.25, 0.3) is 0 Å². The number of benzene rings is 2. The van der Waals surface area contributed by atoms with E-state index in [9.17, 15) is 9.59 Å². The summed E-state index contributed by atoms with van der Waals surface area (Å²) in [5.41, 5.74) is 11.8. The second-order valence-electron chi connectivity index (χ2n) is 13.0. The van der Waals surface area contributed by atoms with E-state index in [-0.39, 0.29) is 43.7 Å². The van der Waals surface area contributed by atoms with Crippen LogP contribution >= 0.6 is 0 Å². The van der Waals surface area contributed by atoms with Crippen LogP contribution in [0.15, 0.2) is 67.1 Å². The average Bonchev–Trinajstić information content (AvgIpc) is 3.58. The molecule has 2 aromatic carbocycles. The number of pyridine rings is 1. The molecular weight excluding hydrogens is 661 g/mol. The Morgan fingerprint density at radius 2 is 1.83 bits per heavy atom. The van der Waals surface area contributed by atoms with Gasteiger partial charge in [-0.05, 0) is 73.6 Å². The molecule has 4 N–H and O–H groups in total. The van der Waals surface area contributed by atoms with Gasteiger partial charge < -0.3 is 26.0 Å². The highest BCUT2D eigenvalue weighted by Crippen LogP contribution is 2.33. The van der Waals surface area contributed by atoms with Gasteiger partial charge in [-0.2, -0.15) is 5.10 Å². The molecule has 272 valence electrons. The van der Waals surface area contributed by atoms with Crippen LogP contribution in [0.1, 0.15) is 68.3 Å². The second kappa shape index (κ2) is 17.2. The van der Waals surface area contributed by atoms with Gasteiger partial charge in [-0.1, -0.05) is 31.2 Å². The third-order valence-electron chi connectivity index (χ3n) is 9.35. The van der Waals surface area contributed by atoms with Crippen LogP contribution in [0.2, 0.25) is 0 Å². The minimum atomic E-state index is -0.449. The SMILES string of the molecule is CCc1nc2c(cnn2CC)c(NC2CCOCC2)c1CN(Cc1ccc(F)c(-c2cccc(CNc3ncccn3)c2)c1)C(=O)CCCC(N)=O. The highest BCUT2D eigenvalue weighted by Gasteiger charge is 2.25. The molecule has 0 saturated carbocycles. The van der Waals surface area contributed by atoms with E-state index in [1.54, 1.807) is 35.5 Å². The predicted molar refractivity (Wildman–Crippen MR) is 199 cm³/mol. The van der Waals surface area contributed by atoms with Gasteiger partial charge in [0.15, 0.2) is 5.65 Å². The number of nitrogens with one attached hydrogen (secondary N) is 2. The lowest BCUT2D eigenvalue weighted by atomic mass is 9.99. The third-order valence-corrected chi connectivity index (χ3v) is 9.35. The van der Waals surface area contributed by atoms with Crippen molar-refractivity contribution < 1.29 is 18.7 Å². The van der Waals surface area contributed by atoms with Crippen molar-refractivity contribution in [3.05, 3.63) is 95.3 Å². The summed E-state index contributed by atoms with van der Waals surface area (Å²) in [4.78, 5) is 40.8. The van der Waals surface area contributed by atoms with Crippen LogP contribution in [0.25, 0.3) is 22.2 Å². The molecule has 0 spiro atoms. The van der Waals surface area contributed by atoms with Crippen LogP contribution in [0, 0.1) is 5.82 Å². The van der Waals surface area contributed by atoms with Crippen LogP contribution < -0.4 is 16.4 Å². The van der Waals surface area contributed by atoms with Gasteiger partial charge in [-0.25, -0.2) is 24.0 Å². The summed E-state index contributed by atoms with van der Waals surface area (Å²) in [5, 5.41) is 12.5. The maximum absolute atomic E-state index is 15.5. The van der Waals surface area contributed by atoms with Crippen LogP contribution in [0.5, 0.6) is 0 Å². The topological polar surface area (TPSA) is 153 Å². The van der Waals surface area contributed by atoms with E-state index in [0.717, 1.165) is 51.9 Å². The molecule has 1 saturated heterocycles. The molecule has 6 rings (SSSR count). The number of aryl methyl sites for hydroxylation is 2. The Morgan fingerprint density at radius 1 is 1.02 bits per heavy atom. The number of aromatic nitrogens is 5. The highest BCUT2D eigenvalue weighted by molar-refractivity contribution is 5.92. The number of fused-ring (bicyclic) bond motifs is 1. The summed E-state index contributed by atoms with van der Waals surface area (Å²) >= 11 is 0. The summed E-state index contributed by atoms with van der Waals surface area (Å²) in [5.74, 6) is -0.437. The minimum Gasteiger partial charge on any atom is -0.381 e. The van der Waals surface area contributed by atoms with E-state index in [0.29, 0.717) is 56.2 Å². The molecule has 0 radical (unpaired) electrons. The maximum atomic E-state index is 15.5. The summed E-state index contributed by atoms with van der Waals surface area (Å²) in [6, 6.07) is 14.6. The van der Waals surface area contributed by atoms with Crippen LogP contribution in [0.3, 0.4) is 0 Å². The number of carbonyl (C=O) groups excluding carboxylic acids is 2. The third kappa shape index (κ3) is 8.89. The number of anilines is 2. The molecule has 1 fully saturated rings. The fourth-order valence-electron chi connectivity index (χ4n) is 6.61. The summed E-state index contributed by atoms with van der Waals surface area (Å²) < 4.78 is 23.0. The van der Waals surface area contributed by atoms with Crippen molar-refractivity contribution in [3.8, 4) is 11.1 Å². The molecule has 4 heterocycles. The van der Waals surface area contributed by atoms with E-state index in [2.05, 4.69) is 32.6 Å². The number of halogens is 1. The molecule has 2 amide bonds. The summed E-state index contributed by atoms with van der Waals surface area (Å²) in [7, 11) is 0. The van der Waals surface area contributed by atoms with Crippen LogP contribution in [-0.2, 0) is 46.9 Å². The number of amides is 2. The number of rotatable bonds is 16. The Bertz CT molecular complexity index is 2000. The van der Waals surface area contributed by atoms with E-state index in [1.807, 2.05) is 42.1 Å². The summed E-state index contributed by atoms with van der Waals surface area (Å²) in [6.07, 6.45) is 8.14. The fraction of sp³-hybridized carbons (Fsp3) is 0.385. The number of nitrogens with zero attached hydrogens (tertiary/aromatic N) is 6. The number of nitrogens with two attached hydrogens (primary N) is 1. The molecule has 5 aromatic rings. The first-order valence-corrected chi connectivity index (χ1v) is 18.0. The Kier molecular flexibility index (Phi) is 12.0. The van der Waals surface area contributed by atoms with Crippen molar-refractivity contribution in [1.82, 2.24) is 29.6 Å². The predicted octanol–water partition coefficient (Wildman–Crippen LogP) is 6.00. The fourth-order valence-corrected chi connectivity index (χ4v) is 6.61. The van der Waals surface area contributed by atoms with E-state index in [1.165, 1.54) is 6.07 Å². The van der Waals surface area contributed by atoms with Crippen molar-refractivity contribution in [2.45, 2.75) is 84.6 Å². The number of primary amides is 1. The molecule has 0 atom stereocenters. The van der Waals surface area contributed by atoms with Crippen molar-refractivity contribution in [2.75, 3.05) is 23.8 Å². The van der Waals surface area contributed by atoms with Crippen molar-refractivity contribution in [2.24, 2.45) is 5.73 Å². The van der Waals surface area contributed by atoms with Crippen LogP contribution in [0.4, 0.5) is 16.0 Å². The lowest BCUT2D eigenvalue weighted by Gasteiger charge is -2.29. The Balaban J connectivity index is 1.33. The van der Waals surface area contributed by atoms with E-state index in [4.69, 9.17) is 15.5 Å². The maximum Gasteiger partial charge on any atom is 0.223 e. The van der Waals surface area contributed by atoms with Crippen molar-refractivity contribution >= 4 is 34.5 Å². The van der Waals surface area contributed by atoms with E-state index >= 15 is 4.39 Å². The standard InChI is InChI=1S/C39H46FN9O3/c1-3-34-32(37(46-29-14-18-52-19-15-29)31-23-45-49(4-2)38(31)47-34)25-48(36(51)11-6-10-35(41)50)24-27-12-13-33(40)30(21-27)28-9-5-8-26(20-28)22-44-39-42-16-7-17-43-39/h5,7-9,12-13,16-17,20-21,23,29H,3-4,6,10-11,14-15,18-19,22,24-25H2,1-2H3,(H2,41,50)(H,46,47)(H,42,43,44). The molecule has 1 aliphatic rings. The Labute approximate surface area is 303 Å². The average molecular weight is 708 g/mol. The van der Waals surface area contributed by atoms with Gasteiger partial charge in [0, 0.05) is 87.5 Å². The smallest absolute Gasteiger partial charge is 0.223 e. The molecule has 0 bridgehead atoms. The first kappa shape index (κ1) is 36.4. The van der Waals surface area contributed by atoms with Crippen molar-refractivity contribution in [1.29, 1.82) is 0 Å². The zero-order valence-corrected chi connectivity index (χ0v) is 29.8. The molecule has 52 heavy (non-hydrogen) atoms. The molecule has 13 heteroatoms. The number of hydrogen-bond donors (Lipinski definition) is 3. The van der Waals surface area contributed by atoms with Gasteiger partial charge in [-0.15, -0.1) is 0 Å². The zero-order valence-electron chi connectivity index (χ0n) is 29.8. The van der Waals surface area contributed by atoms with E-state index < -0.39 is 5.91 Å². The minimum absolute atomic E-state index is 0.113. The zero-order chi connectivity index (χ0) is 36.5. The number of hydrogen-bond acceptors (Lipinski definition) is 9. The largest absolute Gasteiger partial charge is 0.381 e. The van der Waals surface area contributed by atoms with Gasteiger partial charge in [0.1, 0.15) is 5.82 Å². The number of carbonyl (C=O) groups is 2. The normalized spacial score (nSPS) is 13.3. The lowest BCUT2D eigenvalue weighted by Crippen LogP contribution is -2.32. The van der Waals surface area contributed by atoms with Gasteiger partial charge in [0.05, 0.1) is 17.3 Å². The van der Waals surface area contributed by atoms with Crippen molar-refractivity contribution in [3.63, 3.8) is 0 Å². The van der Waals surface area contributed by atoms with Crippen LogP contribution in [-0.4, -0.2) is 60.7 Å².